The Labute approximate surface area is 181 Å². The highest BCUT2D eigenvalue weighted by atomic mass is 16.5. The number of Topliss-reactive ketones (excluding diaryl/α,β-unsaturated/α-hetero) is 1. The van der Waals surface area contributed by atoms with Gasteiger partial charge in [0.15, 0.2) is 11.5 Å². The summed E-state index contributed by atoms with van der Waals surface area (Å²) in [5.74, 6) is 0.898. The molecule has 1 amide bonds. The summed E-state index contributed by atoms with van der Waals surface area (Å²) in [5.41, 5.74) is 2.75. The zero-order valence-corrected chi connectivity index (χ0v) is 18.6. The van der Waals surface area contributed by atoms with E-state index in [1.54, 1.807) is 6.92 Å². The Bertz CT molecular complexity index is 1140. The minimum absolute atomic E-state index is 0.0368. The third kappa shape index (κ3) is 4.14. The van der Waals surface area contributed by atoms with Crippen molar-refractivity contribution in [3.05, 3.63) is 46.9 Å². The molecule has 0 fully saturated rings. The number of anilines is 1. The molecule has 31 heavy (non-hydrogen) atoms. The van der Waals surface area contributed by atoms with E-state index in [0.29, 0.717) is 55.4 Å². The number of carbonyl (C=O) groups excluding carboxylic acids is 2. The van der Waals surface area contributed by atoms with Crippen LogP contribution >= 0.6 is 0 Å². The Kier molecular flexibility index (Phi) is 5.71. The van der Waals surface area contributed by atoms with Crippen molar-refractivity contribution in [3.63, 3.8) is 0 Å². The van der Waals surface area contributed by atoms with Crippen molar-refractivity contribution in [1.29, 1.82) is 0 Å². The number of hydrogen-bond acceptors (Lipinski definition) is 5. The number of ketones is 1. The van der Waals surface area contributed by atoms with E-state index in [-0.39, 0.29) is 22.9 Å². The van der Waals surface area contributed by atoms with Gasteiger partial charge in [-0.05, 0) is 37.8 Å². The van der Waals surface area contributed by atoms with Crippen molar-refractivity contribution in [3.8, 4) is 0 Å². The van der Waals surface area contributed by atoms with E-state index in [2.05, 4.69) is 10.3 Å². The van der Waals surface area contributed by atoms with Gasteiger partial charge in [-0.1, -0.05) is 26.0 Å². The summed E-state index contributed by atoms with van der Waals surface area (Å²) in [4.78, 5) is 30.4. The summed E-state index contributed by atoms with van der Waals surface area (Å²) in [5, 5.41) is 2.91. The summed E-state index contributed by atoms with van der Waals surface area (Å²) < 4.78 is 13.4. The third-order valence-electron chi connectivity index (χ3n) is 5.74. The molecule has 164 valence electrons. The van der Waals surface area contributed by atoms with Crippen LogP contribution in [0.5, 0.6) is 0 Å². The first-order valence-electron chi connectivity index (χ1n) is 10.8. The fraction of sp³-hybridized carbons (Fsp3) is 0.458. The second-order valence-corrected chi connectivity index (χ2v) is 8.88. The van der Waals surface area contributed by atoms with Crippen LogP contribution < -0.4 is 5.32 Å². The molecular weight excluding hydrogens is 394 g/mol. The first kappa shape index (κ1) is 21.3. The van der Waals surface area contributed by atoms with Gasteiger partial charge in [0.05, 0.1) is 16.6 Å². The average molecular weight is 424 g/mol. The second-order valence-electron chi connectivity index (χ2n) is 8.88. The molecule has 7 heteroatoms. The van der Waals surface area contributed by atoms with Gasteiger partial charge in [-0.3, -0.25) is 14.9 Å². The van der Waals surface area contributed by atoms with Gasteiger partial charge in [0.2, 0.25) is 5.95 Å². The number of amides is 1. The van der Waals surface area contributed by atoms with Crippen LogP contribution in [0, 0.1) is 12.3 Å². The van der Waals surface area contributed by atoms with Crippen molar-refractivity contribution < 1.29 is 18.7 Å². The summed E-state index contributed by atoms with van der Waals surface area (Å²) in [7, 11) is 0. The minimum Gasteiger partial charge on any atom is -0.455 e. The van der Waals surface area contributed by atoms with E-state index >= 15 is 0 Å². The lowest BCUT2D eigenvalue weighted by Crippen LogP contribution is -2.26. The van der Waals surface area contributed by atoms with Crippen molar-refractivity contribution in [2.24, 2.45) is 5.41 Å². The first-order chi connectivity index (χ1) is 14.8. The van der Waals surface area contributed by atoms with Crippen molar-refractivity contribution in [1.82, 2.24) is 9.55 Å². The van der Waals surface area contributed by atoms with Crippen LogP contribution in [0.3, 0.4) is 0 Å². The number of para-hydroxylation sites is 2. The van der Waals surface area contributed by atoms with Crippen molar-refractivity contribution >= 4 is 28.7 Å². The summed E-state index contributed by atoms with van der Waals surface area (Å²) >= 11 is 0. The number of carbonyl (C=O) groups is 2. The number of fused-ring (bicyclic) bond motifs is 2. The van der Waals surface area contributed by atoms with Crippen LogP contribution in [-0.4, -0.2) is 34.5 Å². The fourth-order valence-electron chi connectivity index (χ4n) is 4.32. The van der Waals surface area contributed by atoms with E-state index in [1.807, 2.05) is 49.6 Å². The number of nitrogens with zero attached hydrogens (tertiary/aromatic N) is 2. The molecule has 0 bridgehead atoms. The third-order valence-corrected chi connectivity index (χ3v) is 5.74. The van der Waals surface area contributed by atoms with Crippen molar-refractivity contribution in [2.75, 3.05) is 18.5 Å². The molecule has 7 nitrogen and oxygen atoms in total. The molecule has 0 unspecified atom stereocenters. The van der Waals surface area contributed by atoms with Gasteiger partial charge in [0.1, 0.15) is 5.76 Å². The number of aryl methyl sites for hydroxylation is 1. The highest BCUT2D eigenvalue weighted by Gasteiger charge is 2.37. The topological polar surface area (TPSA) is 86.4 Å². The number of ether oxygens (including phenoxy) is 1. The quantitative estimate of drug-likeness (QED) is 0.553. The van der Waals surface area contributed by atoms with Crippen LogP contribution in [0.15, 0.2) is 28.7 Å². The lowest BCUT2D eigenvalue weighted by molar-refractivity contribution is 0.0898. The van der Waals surface area contributed by atoms with E-state index in [1.165, 1.54) is 0 Å². The van der Waals surface area contributed by atoms with Crippen LogP contribution in [0.25, 0.3) is 11.0 Å². The molecule has 0 saturated heterocycles. The summed E-state index contributed by atoms with van der Waals surface area (Å²) in [6.45, 7) is 9.79. The number of rotatable bonds is 7. The Hall–Kier alpha value is -2.93. The molecule has 0 spiro atoms. The van der Waals surface area contributed by atoms with E-state index in [9.17, 15) is 9.59 Å². The molecule has 3 aromatic rings. The maximum absolute atomic E-state index is 13.1. The number of hydrogen-bond donors (Lipinski definition) is 1. The molecule has 2 heterocycles. The molecule has 4 rings (SSSR count). The van der Waals surface area contributed by atoms with Crippen molar-refractivity contribution in [2.45, 2.75) is 53.5 Å². The SMILES string of the molecule is CCOCCCn1c(NC(=O)c2oc3c(c2C)C(=O)CC(C)(C)C3)nc2ccccc21. The summed E-state index contributed by atoms with van der Waals surface area (Å²) in [6, 6.07) is 7.77. The van der Waals surface area contributed by atoms with Gasteiger partial charge in [-0.25, -0.2) is 4.98 Å². The fourth-order valence-corrected chi connectivity index (χ4v) is 4.32. The molecule has 0 atom stereocenters. The highest BCUT2D eigenvalue weighted by molar-refractivity contribution is 6.07. The number of furan rings is 1. The van der Waals surface area contributed by atoms with Crippen LogP contribution in [0.1, 0.15) is 65.8 Å². The maximum atomic E-state index is 13.1. The molecule has 1 aromatic carbocycles. The lowest BCUT2D eigenvalue weighted by atomic mass is 9.76. The molecule has 1 N–H and O–H groups in total. The van der Waals surface area contributed by atoms with E-state index < -0.39 is 0 Å². The van der Waals surface area contributed by atoms with Crippen LogP contribution in [0.4, 0.5) is 5.95 Å². The summed E-state index contributed by atoms with van der Waals surface area (Å²) in [6.07, 6.45) is 1.89. The molecule has 1 aliphatic rings. The Morgan fingerprint density at radius 2 is 2.06 bits per heavy atom. The molecule has 1 aliphatic carbocycles. The van der Waals surface area contributed by atoms with Gasteiger partial charge >= 0.3 is 0 Å². The first-order valence-corrected chi connectivity index (χ1v) is 10.8. The van der Waals surface area contributed by atoms with Gasteiger partial charge < -0.3 is 13.7 Å². The van der Waals surface area contributed by atoms with Crippen LogP contribution in [-0.2, 0) is 17.7 Å². The number of imidazole rings is 1. The lowest BCUT2D eigenvalue weighted by Gasteiger charge is -2.27. The van der Waals surface area contributed by atoms with Gasteiger partial charge in [-0.15, -0.1) is 0 Å². The maximum Gasteiger partial charge on any atom is 0.293 e. The molecule has 0 saturated carbocycles. The molecular formula is C24H29N3O4. The zero-order chi connectivity index (χ0) is 22.2. The molecule has 0 radical (unpaired) electrons. The van der Waals surface area contributed by atoms with Gasteiger partial charge in [-0.2, -0.15) is 0 Å². The number of nitrogens with one attached hydrogen (secondary N) is 1. The number of aromatic nitrogens is 2. The standard InChI is InChI=1S/C24H29N3O4/c1-5-30-12-8-11-27-17-10-7-6-9-16(17)25-23(27)26-22(29)21-15(2)20-18(28)13-24(3,4)14-19(20)31-21/h6-7,9-10H,5,8,11-14H2,1-4H3,(H,25,26,29). The smallest absolute Gasteiger partial charge is 0.293 e. The average Bonchev–Trinajstić information content (AvgIpc) is 3.21. The van der Waals surface area contributed by atoms with E-state index in [4.69, 9.17) is 9.15 Å². The molecule has 0 aliphatic heterocycles. The zero-order valence-electron chi connectivity index (χ0n) is 18.6. The Morgan fingerprint density at radius 3 is 2.84 bits per heavy atom. The van der Waals surface area contributed by atoms with E-state index in [0.717, 1.165) is 17.5 Å². The van der Waals surface area contributed by atoms with Crippen LogP contribution in [0.2, 0.25) is 0 Å². The largest absolute Gasteiger partial charge is 0.455 e. The number of benzene rings is 1. The normalized spacial score (nSPS) is 15.3. The van der Waals surface area contributed by atoms with Gasteiger partial charge in [0, 0.05) is 38.2 Å². The predicted octanol–water partition coefficient (Wildman–Crippen LogP) is 4.77. The highest BCUT2D eigenvalue weighted by Crippen LogP contribution is 2.38. The second kappa shape index (κ2) is 8.30. The predicted molar refractivity (Wildman–Crippen MR) is 119 cm³/mol. The minimum atomic E-state index is -0.390. The monoisotopic (exact) mass is 423 g/mol. The Balaban J connectivity index is 1.63. The Morgan fingerprint density at radius 1 is 1.29 bits per heavy atom. The van der Waals surface area contributed by atoms with Gasteiger partial charge in [0.25, 0.3) is 5.91 Å². The molecule has 2 aromatic heterocycles.